The average Bonchev–Trinajstić information content (AvgIpc) is 1.89. The van der Waals surface area contributed by atoms with E-state index in [9.17, 15) is 0 Å². The van der Waals surface area contributed by atoms with Crippen molar-refractivity contribution in [3.05, 3.63) is 0 Å². The molecule has 0 aliphatic rings. The summed E-state index contributed by atoms with van der Waals surface area (Å²) in [5.74, 6) is 0. The van der Waals surface area contributed by atoms with Gasteiger partial charge in [0.1, 0.15) is 10.5 Å². The van der Waals surface area contributed by atoms with Crippen LogP contribution in [0.5, 0.6) is 0 Å². The molecule has 0 spiro atoms. The van der Waals surface area contributed by atoms with E-state index < -0.39 is 0 Å². The number of alkyl halides is 1. The van der Waals surface area contributed by atoms with E-state index in [2.05, 4.69) is 15.9 Å². The van der Waals surface area contributed by atoms with Crippen molar-refractivity contribution in [2.75, 3.05) is 11.9 Å². The number of unbranched alkanes of at least 4 members (excludes halogenated alkanes) is 3. The molecule has 0 fully saturated rings. The first-order valence-electron chi connectivity index (χ1n) is 3.46. The van der Waals surface area contributed by atoms with Crippen molar-refractivity contribution in [3.8, 4) is 0 Å². The van der Waals surface area contributed by atoms with Gasteiger partial charge in [0.2, 0.25) is 0 Å². The summed E-state index contributed by atoms with van der Waals surface area (Å²) >= 11 is 3.39. The lowest BCUT2D eigenvalue weighted by molar-refractivity contribution is 0.334. The van der Waals surface area contributed by atoms with Crippen LogP contribution in [0.1, 0.15) is 25.7 Å². The zero-order valence-corrected chi connectivity index (χ0v) is 9.61. The maximum atomic E-state index is 5.05. The van der Waals surface area contributed by atoms with Crippen LogP contribution in [0.25, 0.3) is 0 Å². The van der Waals surface area contributed by atoms with Crippen LogP contribution in [0.15, 0.2) is 0 Å². The molecule has 0 aromatic heterocycles. The molecule has 0 unspecified atom stereocenters. The van der Waals surface area contributed by atoms with Gasteiger partial charge in [-0.3, -0.25) is 0 Å². The van der Waals surface area contributed by atoms with E-state index in [0.29, 0.717) is 0 Å². The summed E-state index contributed by atoms with van der Waals surface area (Å²) in [6.45, 7) is 0.981. The lowest BCUT2D eigenvalue weighted by Gasteiger charge is -1.97. The summed E-state index contributed by atoms with van der Waals surface area (Å²) in [4.78, 5) is 0. The van der Waals surface area contributed by atoms with Crippen LogP contribution in [0.3, 0.4) is 0 Å². The van der Waals surface area contributed by atoms with Gasteiger partial charge in [-0.2, -0.15) is 0 Å². The monoisotopic (exact) mass is 210 g/mol. The van der Waals surface area contributed by atoms with Crippen molar-refractivity contribution in [2.24, 2.45) is 0 Å². The predicted molar refractivity (Wildman–Crippen MR) is 48.2 cm³/mol. The Labute approximate surface area is 68.8 Å². The lowest BCUT2D eigenvalue weighted by Crippen LogP contribution is -1.89. The fraction of sp³-hybridized carbons (Fsp3) is 1.00. The molecular weight excluding hydrogens is 196 g/mol. The summed E-state index contributed by atoms with van der Waals surface area (Å²) in [6, 6.07) is 0. The Hall–Kier alpha value is 0.657. The zero-order chi connectivity index (χ0) is 6.95. The van der Waals surface area contributed by atoms with Crippen LogP contribution in [0, 0.1) is 0 Å². The van der Waals surface area contributed by atoms with Crippen molar-refractivity contribution in [3.63, 3.8) is 0 Å². The molecule has 0 saturated carbocycles. The van der Waals surface area contributed by atoms with Gasteiger partial charge in [-0.1, -0.05) is 28.8 Å². The molecule has 0 aliphatic carbocycles. The second kappa shape index (κ2) is 8.66. The molecule has 9 heavy (non-hydrogen) atoms. The third-order valence-corrected chi connectivity index (χ3v) is 2.20. The molecule has 0 heterocycles. The van der Waals surface area contributed by atoms with E-state index >= 15 is 0 Å². The largest absolute Gasteiger partial charge is 0.428 e. The topological polar surface area (TPSA) is 9.23 Å². The Morgan fingerprint density at radius 1 is 1.11 bits per heavy atom. The Bertz CT molecular complexity index is 46.3. The molecule has 0 radical (unpaired) electrons. The van der Waals surface area contributed by atoms with Crippen molar-refractivity contribution in [1.29, 1.82) is 0 Å². The third kappa shape index (κ3) is 8.66. The summed E-state index contributed by atoms with van der Waals surface area (Å²) < 4.78 is 5.05. The van der Waals surface area contributed by atoms with Gasteiger partial charge in [0.15, 0.2) is 0 Å². The summed E-state index contributed by atoms with van der Waals surface area (Å²) in [5, 5.41) is 1.15. The average molecular weight is 211 g/mol. The minimum atomic E-state index is 0.899. The van der Waals surface area contributed by atoms with E-state index in [1.165, 1.54) is 25.7 Å². The Morgan fingerprint density at radius 2 is 1.78 bits per heavy atom. The fourth-order valence-corrected chi connectivity index (χ4v) is 1.38. The molecule has 0 rings (SSSR count). The van der Waals surface area contributed by atoms with Crippen molar-refractivity contribution in [2.45, 2.75) is 25.7 Å². The van der Waals surface area contributed by atoms with Crippen molar-refractivity contribution >= 4 is 26.4 Å². The molecule has 0 bridgehead atoms. The summed E-state index contributed by atoms with van der Waals surface area (Å²) in [7, 11) is 0.899. The van der Waals surface area contributed by atoms with Crippen LogP contribution >= 0.6 is 15.9 Å². The van der Waals surface area contributed by atoms with Gasteiger partial charge in [0.25, 0.3) is 0 Å². The van der Waals surface area contributed by atoms with Gasteiger partial charge in [0, 0.05) is 11.9 Å². The maximum Gasteiger partial charge on any atom is 0.145 e. The number of halogens is 1. The van der Waals surface area contributed by atoms with Crippen LogP contribution in [-0.4, -0.2) is 22.4 Å². The minimum Gasteiger partial charge on any atom is -0.428 e. The third-order valence-electron chi connectivity index (χ3n) is 1.23. The van der Waals surface area contributed by atoms with Crippen LogP contribution < -0.4 is 0 Å². The molecular formula is C6H15BrOSi. The standard InChI is InChI=1S/C6H15BrOSi/c7-5-3-1-2-4-6-8-9/h1-6H2,9H3. The first kappa shape index (κ1) is 9.66. The van der Waals surface area contributed by atoms with E-state index in [1.807, 2.05) is 0 Å². The predicted octanol–water partition coefficient (Wildman–Crippen LogP) is 1.24. The highest BCUT2D eigenvalue weighted by molar-refractivity contribution is 9.09. The summed E-state index contributed by atoms with van der Waals surface area (Å²) in [5.41, 5.74) is 0. The second-order valence-corrected chi connectivity index (χ2v) is 3.47. The Morgan fingerprint density at radius 3 is 2.33 bits per heavy atom. The van der Waals surface area contributed by atoms with Gasteiger partial charge in [-0.05, 0) is 12.8 Å². The maximum absolute atomic E-state index is 5.05. The van der Waals surface area contributed by atoms with Gasteiger partial charge >= 0.3 is 0 Å². The zero-order valence-electron chi connectivity index (χ0n) is 6.03. The van der Waals surface area contributed by atoms with Crippen molar-refractivity contribution in [1.82, 2.24) is 0 Å². The highest BCUT2D eigenvalue weighted by Gasteiger charge is 1.86. The highest BCUT2D eigenvalue weighted by Crippen LogP contribution is 2.01. The number of hydrogen-bond donors (Lipinski definition) is 0. The molecule has 0 atom stereocenters. The quantitative estimate of drug-likeness (QED) is 0.365. The van der Waals surface area contributed by atoms with Gasteiger partial charge in [0.05, 0.1) is 0 Å². The van der Waals surface area contributed by atoms with Gasteiger partial charge < -0.3 is 4.43 Å². The van der Waals surface area contributed by atoms with E-state index in [1.54, 1.807) is 0 Å². The lowest BCUT2D eigenvalue weighted by atomic mass is 10.2. The molecule has 56 valence electrons. The number of rotatable bonds is 6. The molecule has 1 nitrogen and oxygen atoms in total. The molecule has 3 heteroatoms. The molecule has 0 amide bonds. The molecule has 0 N–H and O–H groups in total. The van der Waals surface area contributed by atoms with Gasteiger partial charge in [-0.15, -0.1) is 0 Å². The SMILES string of the molecule is [SiH3]OCCCCCCBr. The smallest absolute Gasteiger partial charge is 0.145 e. The van der Waals surface area contributed by atoms with Crippen LogP contribution in [0.2, 0.25) is 0 Å². The van der Waals surface area contributed by atoms with E-state index in [0.717, 1.165) is 22.4 Å². The van der Waals surface area contributed by atoms with Crippen molar-refractivity contribution < 1.29 is 4.43 Å². The molecule has 0 saturated heterocycles. The Kier molecular flexibility index (Phi) is 9.29. The molecule has 0 aromatic rings. The van der Waals surface area contributed by atoms with Gasteiger partial charge in [-0.25, -0.2) is 0 Å². The molecule has 0 aliphatic heterocycles. The van der Waals surface area contributed by atoms with E-state index in [-0.39, 0.29) is 0 Å². The molecule has 0 aromatic carbocycles. The first-order valence-corrected chi connectivity index (χ1v) is 5.40. The fourth-order valence-electron chi connectivity index (χ4n) is 0.694. The first-order chi connectivity index (χ1) is 4.41. The highest BCUT2D eigenvalue weighted by atomic mass is 79.9. The normalized spacial score (nSPS) is 10.3. The van der Waals surface area contributed by atoms with E-state index in [4.69, 9.17) is 4.43 Å². The summed E-state index contributed by atoms with van der Waals surface area (Å²) in [6.07, 6.45) is 5.22. The van der Waals surface area contributed by atoms with Crippen LogP contribution in [0.4, 0.5) is 0 Å². The Balaban J connectivity index is 2.60. The minimum absolute atomic E-state index is 0.899. The second-order valence-electron chi connectivity index (χ2n) is 2.10. The number of hydrogen-bond acceptors (Lipinski definition) is 1. The van der Waals surface area contributed by atoms with Crippen LogP contribution in [-0.2, 0) is 4.43 Å².